The number of methoxy groups -OCH3 is 1. The highest BCUT2D eigenvalue weighted by Crippen LogP contribution is 2.10. The van der Waals surface area contributed by atoms with Crippen LogP contribution in [-0.2, 0) is 9.53 Å². The summed E-state index contributed by atoms with van der Waals surface area (Å²) in [5.74, 6) is -0.357. The standard InChI is InChI=1S/C16H22N2O3/c1-12-5-3-4-10-18(12)11-15(19)17-14-8-6-13(7-9-14)16(20)21-2/h6-9,12H,3-5,10-11H2,1-2H3,(H,17,19)/p+1/t12-/m0/s1. The number of carbonyl (C=O) groups excluding carboxylic acids is 2. The van der Waals surface area contributed by atoms with Gasteiger partial charge in [-0.15, -0.1) is 0 Å². The molecule has 0 aromatic heterocycles. The molecule has 2 N–H and O–H groups in total. The van der Waals surface area contributed by atoms with Crippen molar-refractivity contribution in [2.45, 2.75) is 32.2 Å². The first-order valence-corrected chi connectivity index (χ1v) is 7.43. The van der Waals surface area contributed by atoms with Crippen LogP contribution in [0.15, 0.2) is 24.3 Å². The van der Waals surface area contributed by atoms with E-state index in [1.165, 1.54) is 31.3 Å². The minimum atomic E-state index is -0.375. The highest BCUT2D eigenvalue weighted by Gasteiger charge is 2.24. The number of likely N-dealkylation sites (tertiary alicyclic amines) is 1. The number of amides is 1. The van der Waals surface area contributed by atoms with Gasteiger partial charge < -0.3 is 15.0 Å². The summed E-state index contributed by atoms with van der Waals surface area (Å²) in [4.78, 5) is 24.8. The van der Waals surface area contributed by atoms with Crippen LogP contribution in [-0.4, -0.2) is 38.1 Å². The number of hydrogen-bond acceptors (Lipinski definition) is 3. The van der Waals surface area contributed by atoms with E-state index in [1.807, 2.05) is 0 Å². The van der Waals surface area contributed by atoms with Crippen LogP contribution in [0, 0.1) is 0 Å². The Morgan fingerprint density at radius 3 is 2.62 bits per heavy atom. The van der Waals surface area contributed by atoms with E-state index in [0.717, 1.165) is 6.54 Å². The van der Waals surface area contributed by atoms with Crippen molar-refractivity contribution < 1.29 is 19.2 Å². The van der Waals surface area contributed by atoms with Crippen molar-refractivity contribution >= 4 is 17.6 Å². The lowest BCUT2D eigenvalue weighted by Crippen LogP contribution is -3.17. The Morgan fingerprint density at radius 2 is 2.00 bits per heavy atom. The summed E-state index contributed by atoms with van der Waals surface area (Å²) >= 11 is 0. The van der Waals surface area contributed by atoms with Crippen molar-refractivity contribution in [1.29, 1.82) is 0 Å². The first kappa shape index (κ1) is 15.5. The third-order valence-electron chi connectivity index (χ3n) is 4.06. The lowest BCUT2D eigenvalue weighted by atomic mass is 10.0. The zero-order valence-electron chi connectivity index (χ0n) is 12.6. The van der Waals surface area contributed by atoms with Gasteiger partial charge in [-0.2, -0.15) is 0 Å². The van der Waals surface area contributed by atoms with Gasteiger partial charge in [-0.3, -0.25) is 4.79 Å². The molecule has 2 rings (SSSR count). The van der Waals surface area contributed by atoms with Crippen LogP contribution in [0.1, 0.15) is 36.5 Å². The van der Waals surface area contributed by atoms with Crippen LogP contribution in [0.3, 0.4) is 0 Å². The van der Waals surface area contributed by atoms with E-state index in [2.05, 4.69) is 17.0 Å². The summed E-state index contributed by atoms with van der Waals surface area (Å²) < 4.78 is 4.64. The number of rotatable bonds is 4. The summed E-state index contributed by atoms with van der Waals surface area (Å²) in [6, 6.07) is 7.29. The van der Waals surface area contributed by atoms with Gasteiger partial charge in [0.05, 0.1) is 25.3 Å². The van der Waals surface area contributed by atoms with Gasteiger partial charge in [0.2, 0.25) is 0 Å². The fraction of sp³-hybridized carbons (Fsp3) is 0.500. The summed E-state index contributed by atoms with van der Waals surface area (Å²) in [6.45, 7) is 3.77. The molecule has 0 radical (unpaired) electrons. The van der Waals surface area contributed by atoms with Gasteiger partial charge >= 0.3 is 5.97 Å². The maximum absolute atomic E-state index is 12.1. The average Bonchev–Trinajstić information content (AvgIpc) is 2.49. The van der Waals surface area contributed by atoms with E-state index < -0.39 is 0 Å². The molecule has 1 aromatic rings. The lowest BCUT2D eigenvalue weighted by molar-refractivity contribution is -0.920. The summed E-state index contributed by atoms with van der Waals surface area (Å²) in [7, 11) is 1.35. The first-order chi connectivity index (χ1) is 10.1. The molecule has 1 fully saturated rings. The van der Waals surface area contributed by atoms with Crippen molar-refractivity contribution in [3.63, 3.8) is 0 Å². The smallest absolute Gasteiger partial charge is 0.337 e. The molecule has 1 heterocycles. The van der Waals surface area contributed by atoms with Crippen molar-refractivity contribution in [3.8, 4) is 0 Å². The minimum absolute atomic E-state index is 0.0181. The van der Waals surface area contributed by atoms with Crippen molar-refractivity contribution in [2.75, 3.05) is 25.5 Å². The second-order valence-electron chi connectivity index (χ2n) is 5.60. The molecule has 2 atom stereocenters. The van der Waals surface area contributed by atoms with E-state index in [9.17, 15) is 9.59 Å². The Labute approximate surface area is 125 Å². The molecule has 5 nitrogen and oxygen atoms in total. The number of quaternary nitrogens is 1. The van der Waals surface area contributed by atoms with Gasteiger partial charge in [0.15, 0.2) is 6.54 Å². The van der Waals surface area contributed by atoms with Crippen LogP contribution in [0.5, 0.6) is 0 Å². The van der Waals surface area contributed by atoms with Crippen molar-refractivity contribution in [1.82, 2.24) is 0 Å². The van der Waals surface area contributed by atoms with Crippen molar-refractivity contribution in [3.05, 3.63) is 29.8 Å². The quantitative estimate of drug-likeness (QED) is 0.809. The number of nitrogens with one attached hydrogen (secondary N) is 2. The van der Waals surface area contributed by atoms with Crippen molar-refractivity contribution in [2.24, 2.45) is 0 Å². The predicted molar refractivity (Wildman–Crippen MR) is 80.4 cm³/mol. The highest BCUT2D eigenvalue weighted by atomic mass is 16.5. The lowest BCUT2D eigenvalue weighted by Gasteiger charge is -2.29. The fourth-order valence-corrected chi connectivity index (χ4v) is 2.73. The second-order valence-corrected chi connectivity index (χ2v) is 5.60. The number of ether oxygens (including phenoxy) is 1. The number of benzene rings is 1. The summed E-state index contributed by atoms with van der Waals surface area (Å²) in [6.07, 6.45) is 3.65. The fourth-order valence-electron chi connectivity index (χ4n) is 2.73. The van der Waals surface area contributed by atoms with Gasteiger partial charge in [0.25, 0.3) is 5.91 Å². The predicted octanol–water partition coefficient (Wildman–Crippen LogP) is 0.869. The van der Waals surface area contributed by atoms with Crippen LogP contribution < -0.4 is 10.2 Å². The maximum Gasteiger partial charge on any atom is 0.337 e. The number of carbonyl (C=O) groups is 2. The molecule has 1 saturated heterocycles. The molecule has 1 aliphatic heterocycles. The van der Waals surface area contributed by atoms with Gasteiger partial charge in [0, 0.05) is 5.69 Å². The molecule has 1 aliphatic rings. The number of esters is 1. The molecule has 114 valence electrons. The molecule has 1 amide bonds. The summed E-state index contributed by atoms with van der Waals surface area (Å²) in [5.41, 5.74) is 1.18. The average molecular weight is 291 g/mol. The van der Waals surface area contributed by atoms with Gasteiger partial charge in [-0.05, 0) is 50.5 Å². The Hall–Kier alpha value is -1.88. The third kappa shape index (κ3) is 4.29. The van der Waals surface area contributed by atoms with Crippen LogP contribution in [0.25, 0.3) is 0 Å². The van der Waals surface area contributed by atoms with E-state index in [-0.39, 0.29) is 11.9 Å². The molecule has 0 spiro atoms. The molecule has 0 saturated carbocycles. The molecule has 1 aromatic carbocycles. The zero-order valence-corrected chi connectivity index (χ0v) is 12.6. The SMILES string of the molecule is COC(=O)c1ccc(NC(=O)C[NH+]2CCCC[C@@H]2C)cc1. The van der Waals surface area contributed by atoms with Crippen LogP contribution in [0.2, 0.25) is 0 Å². The van der Waals surface area contributed by atoms with E-state index in [4.69, 9.17) is 0 Å². The Balaban J connectivity index is 1.88. The topological polar surface area (TPSA) is 59.8 Å². The molecule has 21 heavy (non-hydrogen) atoms. The minimum Gasteiger partial charge on any atom is -0.465 e. The monoisotopic (exact) mass is 291 g/mol. The van der Waals surface area contributed by atoms with E-state index in [1.54, 1.807) is 24.3 Å². The Kier molecular flexibility index (Phi) is 5.33. The summed E-state index contributed by atoms with van der Waals surface area (Å²) in [5, 5.41) is 2.88. The Morgan fingerprint density at radius 1 is 1.29 bits per heavy atom. The molecule has 0 aliphatic carbocycles. The number of piperidine rings is 1. The van der Waals surface area contributed by atoms with Crippen LogP contribution in [0.4, 0.5) is 5.69 Å². The Bertz CT molecular complexity index is 499. The first-order valence-electron chi connectivity index (χ1n) is 7.43. The van der Waals surface area contributed by atoms with Gasteiger partial charge in [-0.25, -0.2) is 4.79 Å². The molecule has 5 heteroatoms. The molecule has 1 unspecified atom stereocenters. The number of hydrogen-bond donors (Lipinski definition) is 2. The molecule has 0 bridgehead atoms. The van der Waals surface area contributed by atoms with Gasteiger partial charge in [-0.1, -0.05) is 0 Å². The van der Waals surface area contributed by atoms with Gasteiger partial charge in [0.1, 0.15) is 0 Å². The third-order valence-corrected chi connectivity index (χ3v) is 4.06. The number of anilines is 1. The normalized spacial score (nSPS) is 21.6. The highest BCUT2D eigenvalue weighted by molar-refractivity contribution is 5.93. The van der Waals surface area contributed by atoms with Crippen LogP contribution >= 0.6 is 0 Å². The second kappa shape index (κ2) is 7.22. The molecular weight excluding hydrogens is 268 g/mol. The van der Waals surface area contributed by atoms with E-state index in [0.29, 0.717) is 23.8 Å². The zero-order chi connectivity index (χ0) is 15.2. The van der Waals surface area contributed by atoms with E-state index >= 15 is 0 Å². The largest absolute Gasteiger partial charge is 0.465 e. The molecular formula is C16H23N2O3+. The maximum atomic E-state index is 12.1.